The van der Waals surface area contributed by atoms with E-state index in [0.717, 1.165) is 11.8 Å². The molecule has 156 valence electrons. The van der Waals surface area contributed by atoms with Gasteiger partial charge in [0.25, 0.3) is 0 Å². The molecule has 0 atom stereocenters. The second-order valence-corrected chi connectivity index (χ2v) is 7.52. The van der Waals surface area contributed by atoms with Gasteiger partial charge in [-0.3, -0.25) is 0 Å². The van der Waals surface area contributed by atoms with Crippen molar-refractivity contribution in [2.24, 2.45) is 4.99 Å². The van der Waals surface area contributed by atoms with Gasteiger partial charge in [-0.1, -0.05) is 23.4 Å². The Morgan fingerprint density at radius 1 is 1.17 bits per heavy atom. The van der Waals surface area contributed by atoms with Crippen LogP contribution in [0.25, 0.3) is 6.08 Å². The highest BCUT2D eigenvalue weighted by Crippen LogP contribution is 2.41. The summed E-state index contributed by atoms with van der Waals surface area (Å²) in [7, 11) is 3.12. The fourth-order valence-electron chi connectivity index (χ4n) is 2.72. The highest BCUT2D eigenvalue weighted by atomic mass is 35.5. The van der Waals surface area contributed by atoms with E-state index in [1.807, 2.05) is 0 Å². The molecule has 1 N–H and O–H groups in total. The Balaban J connectivity index is 2.08. The summed E-state index contributed by atoms with van der Waals surface area (Å²) >= 11 is 7.09. The maximum Gasteiger partial charge on any atom is 0.344 e. The second kappa shape index (κ2) is 9.73. The molecule has 0 aromatic heterocycles. The van der Waals surface area contributed by atoms with Crippen molar-refractivity contribution in [2.75, 3.05) is 20.8 Å². The molecule has 0 spiro atoms. The summed E-state index contributed by atoms with van der Waals surface area (Å²) in [5.74, 6) is 0.388. The maximum absolute atomic E-state index is 12.5. The largest absolute Gasteiger partial charge is 0.506 e. The number of esters is 1. The molecule has 6 nitrogen and oxygen atoms in total. The molecule has 0 saturated carbocycles. The van der Waals surface area contributed by atoms with Gasteiger partial charge in [0, 0.05) is 10.6 Å². The molecule has 0 unspecified atom stereocenters. The summed E-state index contributed by atoms with van der Waals surface area (Å²) in [6, 6.07) is 12.2. The standard InChI is InChI=1S/C22H20ClNO5S/c1-4-29-22(26)19-20(25)18(12-13-11-16(27-2)9-10-17(13)28-3)30-21(19)24-15-7-5-14(23)6-8-15/h5-12,25H,4H2,1-3H3. The van der Waals surface area contributed by atoms with E-state index < -0.39 is 5.97 Å². The first-order chi connectivity index (χ1) is 14.5. The topological polar surface area (TPSA) is 77.4 Å². The number of nitrogens with zero attached hydrogens (tertiary/aromatic N) is 1. The average Bonchev–Trinajstić information content (AvgIpc) is 3.04. The summed E-state index contributed by atoms with van der Waals surface area (Å²) in [6.07, 6.45) is 1.71. The van der Waals surface area contributed by atoms with Crippen LogP contribution in [0.2, 0.25) is 5.02 Å². The van der Waals surface area contributed by atoms with Crippen molar-refractivity contribution in [1.29, 1.82) is 0 Å². The number of rotatable bonds is 6. The molecule has 0 aliphatic carbocycles. The molecule has 3 rings (SSSR count). The van der Waals surface area contributed by atoms with Gasteiger partial charge in [-0.15, -0.1) is 0 Å². The number of aliphatic imine (C=N–C) groups is 1. The third-order valence-electron chi connectivity index (χ3n) is 4.15. The van der Waals surface area contributed by atoms with E-state index in [1.165, 1.54) is 0 Å². The Morgan fingerprint density at radius 2 is 1.90 bits per heavy atom. The summed E-state index contributed by atoms with van der Waals surface area (Å²) in [5.41, 5.74) is 1.29. The number of methoxy groups -OCH3 is 2. The molecule has 1 aliphatic rings. The zero-order chi connectivity index (χ0) is 21.7. The minimum atomic E-state index is -0.642. The number of hydrogen-bond acceptors (Lipinski definition) is 7. The normalized spacial score (nSPS) is 16.3. The molecule has 2 aromatic rings. The predicted octanol–water partition coefficient (Wildman–Crippen LogP) is 5.55. The van der Waals surface area contributed by atoms with Crippen molar-refractivity contribution in [3.05, 3.63) is 69.3 Å². The number of aliphatic hydroxyl groups is 1. The Morgan fingerprint density at radius 3 is 2.53 bits per heavy atom. The zero-order valence-electron chi connectivity index (χ0n) is 16.6. The lowest BCUT2D eigenvalue weighted by atomic mass is 10.1. The lowest BCUT2D eigenvalue weighted by Crippen LogP contribution is -2.12. The lowest BCUT2D eigenvalue weighted by Gasteiger charge is -2.08. The average molecular weight is 446 g/mol. The summed E-state index contributed by atoms with van der Waals surface area (Å²) in [5, 5.41) is 11.7. The number of benzene rings is 2. The molecule has 0 fully saturated rings. The molecule has 0 saturated heterocycles. The van der Waals surface area contributed by atoms with Crippen molar-refractivity contribution >= 4 is 46.1 Å². The van der Waals surface area contributed by atoms with Gasteiger partial charge in [-0.2, -0.15) is 0 Å². The van der Waals surface area contributed by atoms with Crippen molar-refractivity contribution in [3.63, 3.8) is 0 Å². The number of halogens is 1. The molecule has 1 heterocycles. The molecule has 0 amide bonds. The van der Waals surface area contributed by atoms with Gasteiger partial charge in [-0.25, -0.2) is 9.79 Å². The van der Waals surface area contributed by atoms with Crippen LogP contribution >= 0.6 is 23.4 Å². The van der Waals surface area contributed by atoms with E-state index in [0.29, 0.717) is 37.7 Å². The maximum atomic E-state index is 12.5. The fourth-order valence-corrected chi connectivity index (χ4v) is 3.87. The Hall–Kier alpha value is -2.90. The monoisotopic (exact) mass is 445 g/mol. The Bertz CT molecular complexity index is 1040. The van der Waals surface area contributed by atoms with Gasteiger partial charge >= 0.3 is 5.97 Å². The van der Waals surface area contributed by atoms with E-state index >= 15 is 0 Å². The number of ether oxygens (including phenoxy) is 3. The van der Waals surface area contributed by atoms with Crippen molar-refractivity contribution < 1.29 is 24.1 Å². The Kier molecular flexibility index (Phi) is 7.07. The van der Waals surface area contributed by atoms with Gasteiger partial charge in [0.15, 0.2) is 0 Å². The number of hydrogen-bond donors (Lipinski definition) is 1. The van der Waals surface area contributed by atoms with Crippen LogP contribution in [0.4, 0.5) is 5.69 Å². The van der Waals surface area contributed by atoms with E-state index in [2.05, 4.69) is 4.99 Å². The number of aliphatic hydroxyl groups excluding tert-OH is 1. The molecule has 30 heavy (non-hydrogen) atoms. The van der Waals surface area contributed by atoms with Crippen LogP contribution in [0, 0.1) is 0 Å². The molecular weight excluding hydrogens is 426 g/mol. The van der Waals surface area contributed by atoms with E-state index in [-0.39, 0.29) is 17.9 Å². The quantitative estimate of drug-likeness (QED) is 0.587. The Labute approximate surface area is 183 Å². The lowest BCUT2D eigenvalue weighted by molar-refractivity contribution is -0.138. The van der Waals surface area contributed by atoms with Crippen LogP contribution in [-0.2, 0) is 9.53 Å². The first kappa shape index (κ1) is 21.8. The molecule has 0 bridgehead atoms. The van der Waals surface area contributed by atoms with Gasteiger partial charge < -0.3 is 19.3 Å². The predicted molar refractivity (Wildman–Crippen MR) is 120 cm³/mol. The molecule has 2 aromatic carbocycles. The van der Waals surface area contributed by atoms with E-state index in [1.54, 1.807) is 69.7 Å². The van der Waals surface area contributed by atoms with E-state index in [9.17, 15) is 9.90 Å². The SMILES string of the molecule is CCOC(=O)C1=C(O)C(=Cc2cc(OC)ccc2OC)SC1=Nc1ccc(Cl)cc1. The summed E-state index contributed by atoms with van der Waals surface area (Å²) in [6.45, 7) is 1.88. The summed E-state index contributed by atoms with van der Waals surface area (Å²) in [4.78, 5) is 17.5. The van der Waals surface area contributed by atoms with Crippen LogP contribution in [0.15, 0.2) is 63.7 Å². The summed E-state index contributed by atoms with van der Waals surface area (Å²) < 4.78 is 15.8. The van der Waals surface area contributed by atoms with Crippen LogP contribution in [-0.4, -0.2) is 36.9 Å². The molecule has 8 heteroatoms. The van der Waals surface area contributed by atoms with E-state index in [4.69, 9.17) is 25.8 Å². The van der Waals surface area contributed by atoms with Crippen LogP contribution in [0.1, 0.15) is 12.5 Å². The van der Waals surface area contributed by atoms with Gasteiger partial charge in [-0.05, 0) is 55.5 Å². The smallest absolute Gasteiger partial charge is 0.344 e. The number of carbonyl (C=O) groups is 1. The van der Waals surface area contributed by atoms with Crippen LogP contribution < -0.4 is 9.47 Å². The van der Waals surface area contributed by atoms with Crippen molar-refractivity contribution in [3.8, 4) is 11.5 Å². The van der Waals surface area contributed by atoms with Gasteiger partial charge in [0.1, 0.15) is 27.9 Å². The highest BCUT2D eigenvalue weighted by molar-refractivity contribution is 8.18. The van der Waals surface area contributed by atoms with Gasteiger partial charge in [0.2, 0.25) is 0 Å². The fraction of sp³-hybridized carbons (Fsp3) is 0.182. The minimum Gasteiger partial charge on any atom is -0.506 e. The molecule has 0 radical (unpaired) electrons. The molecule has 1 aliphatic heterocycles. The van der Waals surface area contributed by atoms with Crippen molar-refractivity contribution in [1.82, 2.24) is 0 Å². The van der Waals surface area contributed by atoms with Crippen LogP contribution in [0.5, 0.6) is 11.5 Å². The van der Waals surface area contributed by atoms with Crippen molar-refractivity contribution in [2.45, 2.75) is 6.92 Å². The minimum absolute atomic E-state index is 0.0184. The number of thioether (sulfide) groups is 1. The second-order valence-electron chi connectivity index (χ2n) is 6.06. The van der Waals surface area contributed by atoms with Gasteiger partial charge in [0.05, 0.1) is 31.4 Å². The third kappa shape index (κ3) is 4.80. The molecular formula is C22H20ClNO5S. The first-order valence-corrected chi connectivity index (χ1v) is 10.2. The third-order valence-corrected chi connectivity index (χ3v) is 5.42. The number of carbonyl (C=O) groups excluding carboxylic acids is 1. The van der Waals surface area contributed by atoms with Crippen LogP contribution in [0.3, 0.4) is 0 Å². The zero-order valence-corrected chi connectivity index (χ0v) is 18.2. The first-order valence-electron chi connectivity index (χ1n) is 9.03. The highest BCUT2D eigenvalue weighted by Gasteiger charge is 2.33.